The van der Waals surface area contributed by atoms with E-state index in [0.29, 0.717) is 4.71 Å². The van der Waals surface area contributed by atoms with Crippen LogP contribution in [0.5, 0.6) is 5.75 Å². The van der Waals surface area contributed by atoms with Gasteiger partial charge in [-0.1, -0.05) is 0 Å². The number of aryl methyl sites for hydroxylation is 1. The van der Waals surface area contributed by atoms with Crippen molar-refractivity contribution in [2.24, 2.45) is 5.73 Å². The van der Waals surface area contributed by atoms with Gasteiger partial charge in [0.05, 0.1) is 0 Å². The molecule has 0 amide bonds. The molecule has 0 saturated carbocycles. The fourth-order valence-corrected chi connectivity index (χ4v) is 7.23. The van der Waals surface area contributed by atoms with Gasteiger partial charge >= 0.3 is 170 Å². The summed E-state index contributed by atoms with van der Waals surface area (Å²) in [7, 11) is 0. The average molecular weight is 501 g/mol. The molecular weight excluding hydrogens is 468 g/mol. The van der Waals surface area contributed by atoms with Crippen LogP contribution in [-0.4, -0.2) is 38.6 Å². The van der Waals surface area contributed by atoms with Crippen molar-refractivity contribution in [3.8, 4) is 5.75 Å². The average Bonchev–Trinajstić information content (AvgIpc) is 2.65. The van der Waals surface area contributed by atoms with Crippen LogP contribution < -0.4 is 10.5 Å². The summed E-state index contributed by atoms with van der Waals surface area (Å²) in [5.41, 5.74) is 10.0. The molecule has 0 spiro atoms. The van der Waals surface area contributed by atoms with E-state index in [1.165, 1.54) is 16.7 Å². The zero-order chi connectivity index (χ0) is 19.4. The number of nitrogens with two attached hydrogens (primary N) is 1. The molecule has 6 heteroatoms. The Balaban J connectivity index is 0.00000210. The molecule has 0 aromatic heterocycles. The molecule has 1 radical (unpaired) electrons. The van der Waals surface area contributed by atoms with E-state index < -0.39 is 6.10 Å². The molecule has 2 aromatic carbocycles. The molecule has 1 unspecified atom stereocenters. The van der Waals surface area contributed by atoms with Gasteiger partial charge in [-0.25, -0.2) is 0 Å². The number of benzene rings is 2. The van der Waals surface area contributed by atoms with Gasteiger partial charge in [0, 0.05) is 0 Å². The van der Waals surface area contributed by atoms with Crippen molar-refractivity contribution in [1.29, 1.82) is 0 Å². The molecule has 3 atom stereocenters. The molecule has 1 aliphatic rings. The van der Waals surface area contributed by atoms with Gasteiger partial charge < -0.3 is 0 Å². The quantitative estimate of drug-likeness (QED) is 0.539. The zero-order valence-corrected chi connectivity index (χ0v) is 20.9. The summed E-state index contributed by atoms with van der Waals surface area (Å²) in [6.07, 6.45) is 2.31. The zero-order valence-electron chi connectivity index (χ0n) is 17.4. The van der Waals surface area contributed by atoms with E-state index in [4.69, 9.17) is 10.5 Å². The molecule has 3 N–H and O–H groups in total. The van der Waals surface area contributed by atoms with Gasteiger partial charge in [-0.15, -0.1) is 24.8 Å². The summed E-state index contributed by atoms with van der Waals surface area (Å²) in [4.78, 5) is 0. The number of aliphatic hydroxyl groups excluding tert-OH is 1. The Labute approximate surface area is 194 Å². The third-order valence-corrected chi connectivity index (χ3v) is 8.35. The molecule has 0 bridgehead atoms. The molecule has 1 aliphatic heterocycles. The second kappa shape index (κ2) is 11.6. The van der Waals surface area contributed by atoms with E-state index in [2.05, 4.69) is 51.1 Å². The standard InChI is InChI=1S/C23H31AsNO2.2ClH/c1-4-16-10-11-22-18(12-16)19(14-23(2,3)27-22)24-15-21(26)20(25)13-17-8-6-5-7-9-17;;/h5-12,19-21,26H,4,13-15,25H2,1-3H3;2*1H/t19?,20-,21-;;/m0../s1. The van der Waals surface area contributed by atoms with Gasteiger partial charge in [0.2, 0.25) is 0 Å². The molecule has 0 fully saturated rings. The largest absolute Gasteiger partial charge is 0.147 e. The molecule has 29 heavy (non-hydrogen) atoms. The second-order valence-corrected chi connectivity index (χ2v) is 10.9. The molecule has 161 valence electrons. The van der Waals surface area contributed by atoms with Crippen LogP contribution >= 0.6 is 24.8 Å². The van der Waals surface area contributed by atoms with E-state index in [1.54, 1.807) is 0 Å². The summed E-state index contributed by atoms with van der Waals surface area (Å²) in [5, 5.41) is 11.5. The molecule has 3 rings (SSSR count). The van der Waals surface area contributed by atoms with Gasteiger partial charge in [-0.2, -0.15) is 0 Å². The number of halogens is 2. The number of ether oxygens (including phenoxy) is 1. The first-order valence-corrected chi connectivity index (χ1v) is 12.2. The molecule has 3 nitrogen and oxygen atoms in total. The third kappa shape index (κ3) is 7.19. The second-order valence-electron chi connectivity index (χ2n) is 8.09. The fourth-order valence-electron chi connectivity index (χ4n) is 3.64. The Morgan fingerprint density at radius 1 is 1.14 bits per heavy atom. The predicted octanol–water partition coefficient (Wildman–Crippen LogP) is 4.75. The summed E-state index contributed by atoms with van der Waals surface area (Å²) >= 11 is -0.0530. The molecule has 0 aliphatic carbocycles. The van der Waals surface area contributed by atoms with E-state index in [-0.39, 0.29) is 52.2 Å². The number of hydrogen-bond acceptors (Lipinski definition) is 3. The van der Waals surface area contributed by atoms with Crippen molar-refractivity contribution >= 4 is 40.6 Å². The topological polar surface area (TPSA) is 55.5 Å². The normalized spacial score (nSPS) is 19.4. The molecular formula is C23H33AsCl2NO2. The Kier molecular flexibility index (Phi) is 10.6. The van der Waals surface area contributed by atoms with Crippen molar-refractivity contribution in [2.75, 3.05) is 0 Å². The Hall–Kier alpha value is -0.702. The van der Waals surface area contributed by atoms with Crippen molar-refractivity contribution in [2.45, 2.75) is 67.7 Å². The predicted molar refractivity (Wildman–Crippen MR) is 127 cm³/mol. The SMILES string of the molecule is CCc1ccc2c(c1)C([As]C[C@H](O)[C@@H](N)Cc1ccccc1)CC(C)(C)O2.Cl.Cl. The Bertz CT molecular complexity index is 758. The monoisotopic (exact) mass is 500 g/mol. The van der Waals surface area contributed by atoms with Crippen molar-refractivity contribution in [3.63, 3.8) is 0 Å². The summed E-state index contributed by atoms with van der Waals surface area (Å²) < 4.78 is 6.70. The van der Waals surface area contributed by atoms with Gasteiger partial charge in [0.25, 0.3) is 0 Å². The van der Waals surface area contributed by atoms with Crippen molar-refractivity contribution in [1.82, 2.24) is 0 Å². The van der Waals surface area contributed by atoms with Crippen LogP contribution in [0.15, 0.2) is 48.5 Å². The summed E-state index contributed by atoms with van der Waals surface area (Å²) in [6.45, 7) is 6.51. The number of hydrogen-bond donors (Lipinski definition) is 2. The number of fused-ring (bicyclic) bond motifs is 1. The molecule has 2 aromatic rings. The minimum atomic E-state index is -0.450. The van der Waals surface area contributed by atoms with Crippen LogP contribution in [0.2, 0.25) is 5.21 Å². The smallest absolute Gasteiger partial charge is 0.147 e. The summed E-state index contributed by atoms with van der Waals surface area (Å²) in [5.74, 6) is 1.02. The van der Waals surface area contributed by atoms with Crippen LogP contribution in [-0.2, 0) is 12.8 Å². The maximum Gasteiger partial charge on any atom is -0.147 e. The molecule has 1 heterocycles. The fraction of sp³-hybridized carbons (Fsp3) is 0.478. The van der Waals surface area contributed by atoms with E-state index in [0.717, 1.165) is 30.2 Å². The maximum atomic E-state index is 10.7. The van der Waals surface area contributed by atoms with E-state index in [9.17, 15) is 5.11 Å². The van der Waals surface area contributed by atoms with Gasteiger partial charge in [0.1, 0.15) is 0 Å². The third-order valence-electron chi connectivity index (χ3n) is 5.23. The Morgan fingerprint density at radius 2 is 1.83 bits per heavy atom. The first-order valence-electron chi connectivity index (χ1n) is 9.84. The van der Waals surface area contributed by atoms with Crippen molar-refractivity contribution < 1.29 is 9.84 Å². The number of aliphatic hydroxyl groups is 1. The van der Waals surface area contributed by atoms with Crippen molar-refractivity contribution in [3.05, 3.63) is 65.2 Å². The maximum absolute atomic E-state index is 10.7. The number of rotatable bonds is 7. The van der Waals surface area contributed by atoms with Gasteiger partial charge in [0.15, 0.2) is 0 Å². The Morgan fingerprint density at radius 3 is 2.48 bits per heavy atom. The van der Waals surface area contributed by atoms with E-state index >= 15 is 0 Å². The minimum Gasteiger partial charge on any atom is -0.147 e. The van der Waals surface area contributed by atoms with Crippen LogP contribution in [0.3, 0.4) is 0 Å². The summed E-state index contributed by atoms with van der Waals surface area (Å²) in [6, 6.07) is 16.6. The minimum absolute atomic E-state index is 0. The van der Waals surface area contributed by atoms with Gasteiger partial charge in [-0.05, 0) is 0 Å². The van der Waals surface area contributed by atoms with Crippen LogP contribution in [0, 0.1) is 0 Å². The van der Waals surface area contributed by atoms with E-state index in [1.807, 2.05) is 18.2 Å². The van der Waals surface area contributed by atoms with Crippen LogP contribution in [0.4, 0.5) is 0 Å². The molecule has 0 saturated heterocycles. The first kappa shape index (κ1) is 26.3. The first-order chi connectivity index (χ1) is 12.9. The van der Waals surface area contributed by atoms with Crippen LogP contribution in [0.25, 0.3) is 0 Å². The van der Waals surface area contributed by atoms with Gasteiger partial charge in [-0.3, -0.25) is 0 Å². The van der Waals surface area contributed by atoms with Crippen LogP contribution in [0.1, 0.15) is 48.6 Å².